The summed E-state index contributed by atoms with van der Waals surface area (Å²) in [5, 5.41) is 0. The van der Waals surface area contributed by atoms with Gasteiger partial charge < -0.3 is 19.1 Å². The number of methoxy groups -OCH3 is 2. The monoisotopic (exact) mass is 427 g/mol. The summed E-state index contributed by atoms with van der Waals surface area (Å²) in [4.78, 5) is 39.5. The third-order valence-electron chi connectivity index (χ3n) is 5.95. The second kappa shape index (κ2) is 8.21. The maximum absolute atomic E-state index is 13.3. The summed E-state index contributed by atoms with van der Waals surface area (Å²) in [7, 11) is 4.69. The Balaban J connectivity index is 2.25. The molecule has 0 saturated carbocycles. The summed E-state index contributed by atoms with van der Waals surface area (Å²) in [6.45, 7) is 7.32. The topological polar surface area (TPSA) is 82.1 Å². The van der Waals surface area contributed by atoms with Crippen LogP contribution in [0.15, 0.2) is 40.7 Å². The number of allylic oxidation sites excluding steroid dienone is 3. The van der Waals surface area contributed by atoms with Gasteiger partial charge in [0.15, 0.2) is 17.3 Å². The Bertz CT molecular complexity index is 1020. The Morgan fingerprint density at radius 1 is 1.13 bits per heavy atom. The van der Waals surface area contributed by atoms with Crippen molar-refractivity contribution in [2.45, 2.75) is 46.5 Å². The van der Waals surface area contributed by atoms with Crippen molar-refractivity contribution in [2.75, 3.05) is 21.3 Å². The lowest BCUT2D eigenvalue weighted by molar-refractivity contribution is -0.136. The van der Waals surface area contributed by atoms with Crippen molar-refractivity contribution in [3.05, 3.63) is 46.3 Å². The molecule has 0 unspecified atom stereocenters. The summed E-state index contributed by atoms with van der Waals surface area (Å²) in [5.41, 5.74) is 3.20. The predicted octanol–water partition coefficient (Wildman–Crippen LogP) is 3.74. The fraction of sp³-hybridized carbons (Fsp3) is 0.458. The summed E-state index contributed by atoms with van der Waals surface area (Å²) in [6, 6.07) is 5.09. The van der Waals surface area contributed by atoms with Crippen molar-refractivity contribution in [3.63, 3.8) is 0 Å². The zero-order valence-corrected chi connectivity index (χ0v) is 19.1. The Kier molecular flexibility index (Phi) is 5.98. The van der Waals surface area contributed by atoms with Gasteiger partial charge in [-0.1, -0.05) is 19.9 Å². The first-order valence-corrected chi connectivity index (χ1v) is 10.2. The van der Waals surface area contributed by atoms with Gasteiger partial charge in [0.2, 0.25) is 0 Å². The van der Waals surface area contributed by atoms with E-state index in [4.69, 9.17) is 14.2 Å². The summed E-state index contributed by atoms with van der Waals surface area (Å²) < 4.78 is 15.7. The Hall–Kier alpha value is -3.09. The maximum atomic E-state index is 13.3. The van der Waals surface area contributed by atoms with E-state index in [-0.39, 0.29) is 16.9 Å². The van der Waals surface area contributed by atoms with Crippen LogP contribution in [0.5, 0.6) is 11.5 Å². The standard InChI is InChI=1S/C24H29NO6/c1-13-20(23(28)30-7)21(15-8-9-18(31-14(2)26)19(10-15)29-6)22-16(25(13)5)11-24(3,4)12-17(22)27/h8-10,21H,11-12H2,1-7H3/t21-/m1/s1. The second-order valence-electron chi connectivity index (χ2n) is 8.79. The van der Waals surface area contributed by atoms with Gasteiger partial charge in [-0.25, -0.2) is 4.79 Å². The van der Waals surface area contributed by atoms with Gasteiger partial charge in [-0.15, -0.1) is 0 Å². The molecule has 1 atom stereocenters. The maximum Gasteiger partial charge on any atom is 0.336 e. The smallest absolute Gasteiger partial charge is 0.336 e. The molecule has 3 rings (SSSR count). The number of ketones is 1. The molecule has 31 heavy (non-hydrogen) atoms. The van der Waals surface area contributed by atoms with Crippen LogP contribution in [0.25, 0.3) is 0 Å². The molecule has 1 aliphatic heterocycles. The van der Waals surface area contributed by atoms with Crippen LogP contribution in [0, 0.1) is 5.41 Å². The van der Waals surface area contributed by atoms with Gasteiger partial charge in [-0.3, -0.25) is 9.59 Å². The van der Waals surface area contributed by atoms with Crippen LogP contribution in [-0.2, 0) is 19.1 Å². The number of carbonyl (C=O) groups excluding carboxylic acids is 3. The molecule has 1 aromatic carbocycles. The van der Waals surface area contributed by atoms with E-state index < -0.39 is 17.9 Å². The molecule has 0 saturated heterocycles. The minimum Gasteiger partial charge on any atom is -0.493 e. The van der Waals surface area contributed by atoms with Crippen molar-refractivity contribution in [1.29, 1.82) is 0 Å². The molecule has 2 aliphatic rings. The fourth-order valence-corrected chi connectivity index (χ4v) is 4.48. The number of nitrogens with zero attached hydrogens (tertiary/aromatic N) is 1. The molecule has 7 nitrogen and oxygen atoms in total. The molecule has 0 aromatic heterocycles. The molecule has 0 spiro atoms. The van der Waals surface area contributed by atoms with Crippen molar-refractivity contribution >= 4 is 17.7 Å². The Morgan fingerprint density at radius 2 is 1.81 bits per heavy atom. The average molecular weight is 427 g/mol. The number of Topliss-reactive ketones (excluding diaryl/α,β-unsaturated/α-hetero) is 1. The number of hydrogen-bond acceptors (Lipinski definition) is 7. The molecule has 1 aliphatic carbocycles. The van der Waals surface area contributed by atoms with Crippen LogP contribution in [0.1, 0.15) is 52.0 Å². The lowest BCUT2D eigenvalue weighted by Crippen LogP contribution is -2.39. The number of hydrogen-bond donors (Lipinski definition) is 0. The SMILES string of the molecule is COC(=O)C1=C(C)N(C)C2=C(C(=O)CC(C)(C)C2)[C@@H]1c1ccc(OC(C)=O)c(OC)c1. The molecule has 0 N–H and O–H groups in total. The van der Waals surface area contributed by atoms with E-state index in [9.17, 15) is 14.4 Å². The Morgan fingerprint density at radius 3 is 2.39 bits per heavy atom. The van der Waals surface area contributed by atoms with Crippen molar-refractivity contribution in [1.82, 2.24) is 4.90 Å². The molecular weight excluding hydrogens is 398 g/mol. The van der Waals surface area contributed by atoms with Crippen LogP contribution in [0.3, 0.4) is 0 Å². The fourth-order valence-electron chi connectivity index (χ4n) is 4.48. The minimum absolute atomic E-state index is 0.0139. The highest BCUT2D eigenvalue weighted by molar-refractivity contribution is 6.04. The van der Waals surface area contributed by atoms with Crippen LogP contribution in [-0.4, -0.2) is 43.9 Å². The van der Waals surface area contributed by atoms with Crippen LogP contribution < -0.4 is 9.47 Å². The predicted molar refractivity (Wildman–Crippen MR) is 115 cm³/mol. The highest BCUT2D eigenvalue weighted by atomic mass is 16.6. The van der Waals surface area contributed by atoms with Gasteiger partial charge >= 0.3 is 11.9 Å². The third-order valence-corrected chi connectivity index (χ3v) is 5.95. The number of rotatable bonds is 4. The molecule has 7 heteroatoms. The number of carbonyl (C=O) groups is 3. The third kappa shape index (κ3) is 4.09. The average Bonchev–Trinajstić information content (AvgIpc) is 2.69. The van der Waals surface area contributed by atoms with Gasteiger partial charge in [0.1, 0.15) is 0 Å². The lowest BCUT2D eigenvalue weighted by Gasteiger charge is -2.43. The quantitative estimate of drug-likeness (QED) is 0.535. The van der Waals surface area contributed by atoms with Crippen LogP contribution in [0.2, 0.25) is 0 Å². The molecule has 1 aromatic rings. The van der Waals surface area contributed by atoms with Crippen LogP contribution >= 0.6 is 0 Å². The van der Waals surface area contributed by atoms with E-state index in [2.05, 4.69) is 13.8 Å². The van der Waals surface area contributed by atoms with E-state index >= 15 is 0 Å². The van der Waals surface area contributed by atoms with Crippen molar-refractivity contribution in [3.8, 4) is 11.5 Å². The first-order chi connectivity index (χ1) is 14.5. The van der Waals surface area contributed by atoms with Gasteiger partial charge in [0.05, 0.1) is 19.8 Å². The highest BCUT2D eigenvalue weighted by Crippen LogP contribution is 2.50. The largest absolute Gasteiger partial charge is 0.493 e. The first kappa shape index (κ1) is 22.6. The van der Waals surface area contributed by atoms with Crippen molar-refractivity contribution < 1.29 is 28.6 Å². The van der Waals surface area contributed by atoms with E-state index in [1.165, 1.54) is 21.1 Å². The van der Waals surface area contributed by atoms with Gasteiger partial charge in [0.25, 0.3) is 0 Å². The minimum atomic E-state index is -0.595. The van der Waals surface area contributed by atoms with E-state index in [0.29, 0.717) is 28.9 Å². The molecule has 1 heterocycles. The molecule has 0 radical (unpaired) electrons. The van der Waals surface area contributed by atoms with Crippen LogP contribution in [0.4, 0.5) is 0 Å². The number of ether oxygens (including phenoxy) is 3. The molecule has 0 fully saturated rings. The molecular formula is C24H29NO6. The first-order valence-electron chi connectivity index (χ1n) is 10.2. The summed E-state index contributed by atoms with van der Waals surface area (Å²) in [6.07, 6.45) is 1.11. The van der Waals surface area contributed by atoms with E-state index in [1.807, 2.05) is 18.9 Å². The number of benzene rings is 1. The molecule has 0 amide bonds. The molecule has 0 bridgehead atoms. The van der Waals surface area contributed by atoms with E-state index in [1.54, 1.807) is 18.2 Å². The van der Waals surface area contributed by atoms with Gasteiger partial charge in [0, 0.05) is 43.3 Å². The zero-order valence-electron chi connectivity index (χ0n) is 19.1. The molecule has 166 valence electrons. The van der Waals surface area contributed by atoms with Gasteiger partial charge in [-0.05, 0) is 36.5 Å². The normalized spacial score (nSPS) is 20.4. The number of esters is 2. The summed E-state index contributed by atoms with van der Waals surface area (Å²) in [5.74, 6) is -0.910. The Labute approximate surface area is 182 Å². The van der Waals surface area contributed by atoms with Crippen molar-refractivity contribution in [2.24, 2.45) is 5.41 Å². The zero-order chi connectivity index (χ0) is 23.1. The second-order valence-corrected chi connectivity index (χ2v) is 8.79. The van der Waals surface area contributed by atoms with E-state index in [0.717, 1.165) is 17.8 Å². The highest BCUT2D eigenvalue weighted by Gasteiger charge is 2.44. The lowest BCUT2D eigenvalue weighted by atomic mass is 9.68. The summed E-state index contributed by atoms with van der Waals surface area (Å²) >= 11 is 0. The van der Waals surface area contributed by atoms with Gasteiger partial charge in [-0.2, -0.15) is 0 Å².